The van der Waals surface area contributed by atoms with Crippen LogP contribution in [0.4, 0.5) is 0 Å². The molecule has 0 saturated heterocycles. The second-order valence-electron chi connectivity index (χ2n) is 3.68. The largest absolute Gasteiger partial charge is 0.497 e. The van der Waals surface area contributed by atoms with E-state index in [1.54, 1.807) is 7.11 Å². The SMILES string of the molecule is C#CCOc1cc(OC)ccc1C(C)NCC. The molecule has 1 unspecified atom stereocenters. The second-order valence-corrected chi connectivity index (χ2v) is 3.68. The van der Waals surface area contributed by atoms with E-state index in [0.717, 1.165) is 23.6 Å². The Morgan fingerprint density at radius 3 is 2.82 bits per heavy atom. The van der Waals surface area contributed by atoms with Crippen LogP contribution in [-0.2, 0) is 0 Å². The Kier molecular flexibility index (Phi) is 5.38. The highest BCUT2D eigenvalue weighted by atomic mass is 16.5. The zero-order valence-corrected chi connectivity index (χ0v) is 10.6. The first-order chi connectivity index (χ1) is 8.22. The van der Waals surface area contributed by atoms with Gasteiger partial charge in [-0.15, -0.1) is 6.42 Å². The number of methoxy groups -OCH3 is 1. The molecule has 0 bridgehead atoms. The highest BCUT2D eigenvalue weighted by Crippen LogP contribution is 2.29. The van der Waals surface area contributed by atoms with Gasteiger partial charge in [0.2, 0.25) is 0 Å². The minimum atomic E-state index is 0.221. The molecule has 1 atom stereocenters. The number of rotatable bonds is 6. The smallest absolute Gasteiger partial charge is 0.148 e. The average molecular weight is 233 g/mol. The van der Waals surface area contributed by atoms with Crippen molar-refractivity contribution in [3.05, 3.63) is 23.8 Å². The summed E-state index contributed by atoms with van der Waals surface area (Å²) in [5.74, 6) is 4.01. The van der Waals surface area contributed by atoms with Gasteiger partial charge in [-0.2, -0.15) is 0 Å². The molecule has 92 valence electrons. The lowest BCUT2D eigenvalue weighted by Gasteiger charge is -2.17. The van der Waals surface area contributed by atoms with Crippen LogP contribution >= 0.6 is 0 Å². The number of nitrogens with one attached hydrogen (secondary N) is 1. The molecule has 0 aliphatic rings. The van der Waals surface area contributed by atoms with Crippen molar-refractivity contribution in [2.24, 2.45) is 0 Å². The molecule has 1 aromatic carbocycles. The van der Waals surface area contributed by atoms with Gasteiger partial charge in [0.15, 0.2) is 0 Å². The average Bonchev–Trinajstić information content (AvgIpc) is 2.36. The maximum absolute atomic E-state index is 5.54. The third-order valence-corrected chi connectivity index (χ3v) is 2.51. The summed E-state index contributed by atoms with van der Waals surface area (Å²) in [7, 11) is 1.63. The molecule has 3 nitrogen and oxygen atoms in total. The fourth-order valence-corrected chi connectivity index (χ4v) is 1.66. The lowest BCUT2D eigenvalue weighted by atomic mass is 10.1. The predicted octanol–water partition coefficient (Wildman–Crippen LogP) is 2.38. The van der Waals surface area contributed by atoms with E-state index in [1.165, 1.54) is 0 Å². The normalized spacial score (nSPS) is 11.6. The molecular weight excluding hydrogens is 214 g/mol. The van der Waals surface area contributed by atoms with Crippen molar-refractivity contribution in [1.82, 2.24) is 5.32 Å². The summed E-state index contributed by atoms with van der Waals surface area (Å²) in [5.41, 5.74) is 1.09. The minimum absolute atomic E-state index is 0.221. The first-order valence-electron chi connectivity index (χ1n) is 5.70. The lowest BCUT2D eigenvalue weighted by Crippen LogP contribution is -2.18. The topological polar surface area (TPSA) is 30.5 Å². The quantitative estimate of drug-likeness (QED) is 0.765. The molecule has 1 aromatic rings. The van der Waals surface area contributed by atoms with Gasteiger partial charge >= 0.3 is 0 Å². The fourth-order valence-electron chi connectivity index (χ4n) is 1.66. The van der Waals surface area contributed by atoms with Gasteiger partial charge in [0.05, 0.1) is 7.11 Å². The molecule has 0 aliphatic heterocycles. The first kappa shape index (κ1) is 13.4. The summed E-state index contributed by atoms with van der Waals surface area (Å²) >= 11 is 0. The maximum atomic E-state index is 5.54. The van der Waals surface area contributed by atoms with E-state index in [-0.39, 0.29) is 12.6 Å². The maximum Gasteiger partial charge on any atom is 0.148 e. The van der Waals surface area contributed by atoms with Crippen molar-refractivity contribution in [2.75, 3.05) is 20.3 Å². The number of terminal acetylenes is 1. The van der Waals surface area contributed by atoms with Gasteiger partial charge in [0, 0.05) is 17.7 Å². The summed E-state index contributed by atoms with van der Waals surface area (Å²) < 4.78 is 10.7. The van der Waals surface area contributed by atoms with Gasteiger partial charge in [-0.3, -0.25) is 0 Å². The molecular formula is C14H19NO2. The molecule has 0 radical (unpaired) electrons. The molecule has 0 aliphatic carbocycles. The van der Waals surface area contributed by atoms with Crippen LogP contribution in [-0.4, -0.2) is 20.3 Å². The van der Waals surface area contributed by atoms with Crippen LogP contribution in [0.5, 0.6) is 11.5 Å². The van der Waals surface area contributed by atoms with Crippen LogP contribution in [0.3, 0.4) is 0 Å². The number of hydrogen-bond donors (Lipinski definition) is 1. The zero-order valence-electron chi connectivity index (χ0n) is 10.6. The van der Waals surface area contributed by atoms with Gasteiger partial charge in [-0.25, -0.2) is 0 Å². The van der Waals surface area contributed by atoms with Crippen LogP contribution < -0.4 is 14.8 Å². The summed E-state index contributed by atoms with van der Waals surface area (Å²) in [5, 5.41) is 3.34. The predicted molar refractivity (Wildman–Crippen MR) is 69.4 cm³/mol. The van der Waals surface area contributed by atoms with E-state index in [9.17, 15) is 0 Å². The highest BCUT2D eigenvalue weighted by Gasteiger charge is 2.11. The summed E-state index contributed by atoms with van der Waals surface area (Å²) in [6, 6.07) is 6.00. The fraction of sp³-hybridized carbons (Fsp3) is 0.429. The molecule has 0 spiro atoms. The number of ether oxygens (including phenoxy) is 2. The molecule has 0 aromatic heterocycles. The van der Waals surface area contributed by atoms with Crippen molar-refractivity contribution in [3.8, 4) is 23.8 Å². The molecule has 0 fully saturated rings. The van der Waals surface area contributed by atoms with Crippen molar-refractivity contribution in [3.63, 3.8) is 0 Å². The van der Waals surface area contributed by atoms with E-state index < -0.39 is 0 Å². The van der Waals surface area contributed by atoms with E-state index in [1.807, 2.05) is 18.2 Å². The summed E-state index contributed by atoms with van der Waals surface area (Å²) in [4.78, 5) is 0. The van der Waals surface area contributed by atoms with Crippen molar-refractivity contribution < 1.29 is 9.47 Å². The van der Waals surface area contributed by atoms with Crippen LogP contribution in [0, 0.1) is 12.3 Å². The Hall–Kier alpha value is -1.66. The van der Waals surface area contributed by atoms with Gasteiger partial charge in [-0.05, 0) is 19.5 Å². The van der Waals surface area contributed by atoms with E-state index in [0.29, 0.717) is 0 Å². The molecule has 1 N–H and O–H groups in total. The van der Waals surface area contributed by atoms with E-state index in [4.69, 9.17) is 15.9 Å². The van der Waals surface area contributed by atoms with Crippen LogP contribution in [0.25, 0.3) is 0 Å². The summed E-state index contributed by atoms with van der Waals surface area (Å²) in [6.07, 6.45) is 5.21. The molecule has 0 heterocycles. The van der Waals surface area contributed by atoms with Crippen molar-refractivity contribution in [1.29, 1.82) is 0 Å². The number of hydrogen-bond acceptors (Lipinski definition) is 3. The Labute approximate surface area is 103 Å². The Bertz CT molecular complexity index is 396. The zero-order chi connectivity index (χ0) is 12.7. The van der Waals surface area contributed by atoms with E-state index >= 15 is 0 Å². The second kappa shape index (κ2) is 6.82. The van der Waals surface area contributed by atoms with E-state index in [2.05, 4.69) is 25.1 Å². The van der Waals surface area contributed by atoms with Gasteiger partial charge in [-0.1, -0.05) is 18.9 Å². The Morgan fingerprint density at radius 2 is 2.24 bits per heavy atom. The third kappa shape index (κ3) is 3.69. The van der Waals surface area contributed by atoms with Crippen LogP contribution in [0.2, 0.25) is 0 Å². The van der Waals surface area contributed by atoms with Crippen molar-refractivity contribution >= 4 is 0 Å². The molecule has 0 amide bonds. The molecule has 17 heavy (non-hydrogen) atoms. The first-order valence-corrected chi connectivity index (χ1v) is 5.70. The molecule has 1 rings (SSSR count). The lowest BCUT2D eigenvalue weighted by molar-refractivity contribution is 0.354. The Balaban J connectivity index is 2.97. The highest BCUT2D eigenvalue weighted by molar-refractivity contribution is 5.42. The minimum Gasteiger partial charge on any atom is -0.497 e. The number of benzene rings is 1. The van der Waals surface area contributed by atoms with Gasteiger partial charge < -0.3 is 14.8 Å². The van der Waals surface area contributed by atoms with Crippen LogP contribution in [0.1, 0.15) is 25.5 Å². The third-order valence-electron chi connectivity index (χ3n) is 2.51. The van der Waals surface area contributed by atoms with Gasteiger partial charge in [0.25, 0.3) is 0 Å². The molecule has 0 saturated carbocycles. The monoisotopic (exact) mass is 233 g/mol. The van der Waals surface area contributed by atoms with Crippen molar-refractivity contribution in [2.45, 2.75) is 19.9 Å². The standard InChI is InChI=1S/C14H19NO2/c1-5-9-17-14-10-12(16-4)7-8-13(14)11(3)15-6-2/h1,7-8,10-11,15H,6,9H2,2-4H3. The Morgan fingerprint density at radius 1 is 1.47 bits per heavy atom. The summed E-state index contributed by atoms with van der Waals surface area (Å²) in [6.45, 7) is 5.33. The van der Waals surface area contributed by atoms with Gasteiger partial charge in [0.1, 0.15) is 18.1 Å². The molecule has 3 heteroatoms. The van der Waals surface area contributed by atoms with Crippen LogP contribution in [0.15, 0.2) is 18.2 Å².